The van der Waals surface area contributed by atoms with Crippen LogP contribution in [0.1, 0.15) is 5.56 Å². The molecule has 0 spiro atoms. The molecule has 2 nitrogen and oxygen atoms in total. The highest BCUT2D eigenvalue weighted by molar-refractivity contribution is 6.30. The van der Waals surface area contributed by atoms with Crippen molar-refractivity contribution >= 4 is 11.6 Å². The second kappa shape index (κ2) is 6.82. The third kappa shape index (κ3) is 4.61. The number of benzene rings is 1. The Balaban J connectivity index is 2.18. The van der Waals surface area contributed by atoms with Crippen molar-refractivity contribution in [3.8, 4) is 0 Å². The van der Waals surface area contributed by atoms with Gasteiger partial charge in [0.25, 0.3) is 0 Å². The molecule has 0 aromatic heterocycles. The second-order valence-corrected chi connectivity index (χ2v) is 3.56. The summed E-state index contributed by atoms with van der Waals surface area (Å²) in [5.74, 6) is 0. The van der Waals surface area contributed by atoms with Gasteiger partial charge in [0.15, 0.2) is 0 Å². The lowest BCUT2D eigenvalue weighted by Crippen LogP contribution is -2.21. The van der Waals surface area contributed by atoms with Crippen LogP contribution in [-0.2, 0) is 11.2 Å². The molecule has 0 heterocycles. The normalized spacial score (nSPS) is 10.4. The van der Waals surface area contributed by atoms with Crippen LogP contribution in [0.15, 0.2) is 24.3 Å². The van der Waals surface area contributed by atoms with Crippen molar-refractivity contribution in [2.75, 3.05) is 26.8 Å². The van der Waals surface area contributed by atoms with E-state index < -0.39 is 0 Å². The number of methoxy groups -OCH3 is 1. The standard InChI is InChI=1S/C11H16ClNO/c1-14-8-7-13-6-5-10-3-2-4-11(12)9-10/h2-4,9,13H,5-8H2,1H3. The molecule has 1 rings (SSSR count). The minimum atomic E-state index is 0.759. The van der Waals surface area contributed by atoms with Crippen molar-refractivity contribution in [3.63, 3.8) is 0 Å². The van der Waals surface area contributed by atoms with Gasteiger partial charge in [0, 0.05) is 18.7 Å². The predicted octanol–water partition coefficient (Wildman–Crippen LogP) is 2.12. The van der Waals surface area contributed by atoms with Crippen molar-refractivity contribution in [1.82, 2.24) is 5.32 Å². The molecule has 1 aromatic rings. The molecule has 78 valence electrons. The lowest BCUT2D eigenvalue weighted by atomic mass is 10.1. The average molecular weight is 214 g/mol. The zero-order valence-electron chi connectivity index (χ0n) is 8.42. The van der Waals surface area contributed by atoms with Crippen LogP contribution in [0.3, 0.4) is 0 Å². The van der Waals surface area contributed by atoms with Gasteiger partial charge in [-0.25, -0.2) is 0 Å². The van der Waals surface area contributed by atoms with E-state index in [2.05, 4.69) is 11.4 Å². The van der Waals surface area contributed by atoms with Gasteiger partial charge in [0.05, 0.1) is 6.61 Å². The molecule has 3 heteroatoms. The molecule has 0 aliphatic heterocycles. The second-order valence-electron chi connectivity index (χ2n) is 3.12. The van der Waals surface area contributed by atoms with Gasteiger partial charge in [0.1, 0.15) is 0 Å². The molecule has 0 amide bonds. The Morgan fingerprint density at radius 1 is 1.36 bits per heavy atom. The Morgan fingerprint density at radius 2 is 2.21 bits per heavy atom. The average Bonchev–Trinajstić information content (AvgIpc) is 2.18. The van der Waals surface area contributed by atoms with Crippen LogP contribution in [0.5, 0.6) is 0 Å². The first kappa shape index (κ1) is 11.5. The summed E-state index contributed by atoms with van der Waals surface area (Å²) in [4.78, 5) is 0. The molecule has 14 heavy (non-hydrogen) atoms. The van der Waals surface area contributed by atoms with E-state index in [9.17, 15) is 0 Å². The third-order valence-corrected chi connectivity index (χ3v) is 2.20. The lowest BCUT2D eigenvalue weighted by molar-refractivity contribution is 0.199. The van der Waals surface area contributed by atoms with Crippen LogP contribution in [0.2, 0.25) is 5.02 Å². The maximum atomic E-state index is 5.87. The van der Waals surface area contributed by atoms with Crippen LogP contribution in [0, 0.1) is 0 Å². The van der Waals surface area contributed by atoms with Crippen molar-refractivity contribution in [3.05, 3.63) is 34.9 Å². The summed E-state index contributed by atoms with van der Waals surface area (Å²) < 4.78 is 4.93. The lowest BCUT2D eigenvalue weighted by Gasteiger charge is -2.04. The molecule has 0 radical (unpaired) electrons. The highest BCUT2D eigenvalue weighted by Crippen LogP contribution is 2.10. The van der Waals surface area contributed by atoms with Gasteiger partial charge < -0.3 is 10.1 Å². The molecule has 0 bridgehead atoms. The number of halogens is 1. The first-order chi connectivity index (χ1) is 6.83. The summed E-state index contributed by atoms with van der Waals surface area (Å²) in [6, 6.07) is 7.96. The summed E-state index contributed by atoms with van der Waals surface area (Å²) in [5.41, 5.74) is 1.27. The van der Waals surface area contributed by atoms with E-state index in [1.54, 1.807) is 7.11 Å². The molecular formula is C11H16ClNO. The number of ether oxygens (including phenoxy) is 1. The first-order valence-electron chi connectivity index (χ1n) is 4.77. The van der Waals surface area contributed by atoms with E-state index in [4.69, 9.17) is 16.3 Å². The summed E-state index contributed by atoms with van der Waals surface area (Å²) >= 11 is 5.87. The summed E-state index contributed by atoms with van der Waals surface area (Å²) in [5, 5.41) is 4.09. The quantitative estimate of drug-likeness (QED) is 0.731. The van der Waals surface area contributed by atoms with Gasteiger partial charge in [-0.05, 0) is 30.7 Å². The molecule has 1 N–H and O–H groups in total. The summed E-state index contributed by atoms with van der Waals surface area (Å²) in [7, 11) is 1.71. The van der Waals surface area contributed by atoms with E-state index >= 15 is 0 Å². The summed E-state index contributed by atoms with van der Waals surface area (Å²) in [6.07, 6.45) is 1.00. The van der Waals surface area contributed by atoms with Crippen molar-refractivity contribution < 1.29 is 4.74 Å². The molecule has 0 aliphatic carbocycles. The number of hydrogen-bond donors (Lipinski definition) is 1. The SMILES string of the molecule is COCCNCCc1cccc(Cl)c1. The molecule has 0 atom stereocenters. The molecule has 0 unspecified atom stereocenters. The van der Waals surface area contributed by atoms with Crippen LogP contribution >= 0.6 is 11.6 Å². The number of hydrogen-bond acceptors (Lipinski definition) is 2. The summed E-state index contributed by atoms with van der Waals surface area (Å²) in [6.45, 7) is 2.62. The molecule has 0 fully saturated rings. The first-order valence-corrected chi connectivity index (χ1v) is 5.15. The van der Waals surface area contributed by atoms with Crippen molar-refractivity contribution in [1.29, 1.82) is 0 Å². The van der Waals surface area contributed by atoms with Gasteiger partial charge >= 0.3 is 0 Å². The van der Waals surface area contributed by atoms with Gasteiger partial charge in [-0.15, -0.1) is 0 Å². The Kier molecular flexibility index (Phi) is 5.60. The Hall–Kier alpha value is -0.570. The highest BCUT2D eigenvalue weighted by Gasteiger charge is 1.93. The Bertz CT molecular complexity index is 265. The monoisotopic (exact) mass is 213 g/mol. The van der Waals surface area contributed by atoms with Crippen LogP contribution in [0.4, 0.5) is 0 Å². The van der Waals surface area contributed by atoms with E-state index in [0.717, 1.165) is 31.1 Å². The highest BCUT2D eigenvalue weighted by atomic mass is 35.5. The van der Waals surface area contributed by atoms with Crippen LogP contribution in [0.25, 0.3) is 0 Å². The zero-order valence-corrected chi connectivity index (χ0v) is 9.18. The van der Waals surface area contributed by atoms with Crippen molar-refractivity contribution in [2.45, 2.75) is 6.42 Å². The Morgan fingerprint density at radius 3 is 2.93 bits per heavy atom. The fourth-order valence-electron chi connectivity index (χ4n) is 1.22. The van der Waals surface area contributed by atoms with Gasteiger partial charge in [-0.2, -0.15) is 0 Å². The fraction of sp³-hybridized carbons (Fsp3) is 0.455. The largest absolute Gasteiger partial charge is 0.383 e. The molecular weight excluding hydrogens is 198 g/mol. The van der Waals surface area contributed by atoms with Crippen molar-refractivity contribution in [2.24, 2.45) is 0 Å². The maximum Gasteiger partial charge on any atom is 0.0587 e. The van der Waals surface area contributed by atoms with Crippen LogP contribution in [-0.4, -0.2) is 26.8 Å². The number of nitrogens with one attached hydrogen (secondary N) is 1. The smallest absolute Gasteiger partial charge is 0.0587 e. The topological polar surface area (TPSA) is 21.3 Å². The molecule has 0 saturated heterocycles. The zero-order chi connectivity index (χ0) is 10.2. The van der Waals surface area contributed by atoms with Gasteiger partial charge in [-0.1, -0.05) is 23.7 Å². The maximum absolute atomic E-state index is 5.87. The van der Waals surface area contributed by atoms with E-state index in [-0.39, 0.29) is 0 Å². The third-order valence-electron chi connectivity index (χ3n) is 1.96. The minimum absolute atomic E-state index is 0.759. The molecule has 0 aliphatic rings. The van der Waals surface area contributed by atoms with Gasteiger partial charge in [0.2, 0.25) is 0 Å². The minimum Gasteiger partial charge on any atom is -0.383 e. The fourth-order valence-corrected chi connectivity index (χ4v) is 1.44. The molecule has 0 saturated carbocycles. The molecule has 1 aromatic carbocycles. The van der Waals surface area contributed by atoms with E-state index in [1.807, 2.05) is 18.2 Å². The predicted molar refractivity (Wildman–Crippen MR) is 59.9 cm³/mol. The Labute approximate surface area is 90.2 Å². The van der Waals surface area contributed by atoms with E-state index in [1.165, 1.54) is 5.56 Å². The van der Waals surface area contributed by atoms with Gasteiger partial charge in [-0.3, -0.25) is 0 Å². The number of rotatable bonds is 6. The van der Waals surface area contributed by atoms with Crippen LogP contribution < -0.4 is 5.32 Å². The van der Waals surface area contributed by atoms with E-state index in [0.29, 0.717) is 0 Å².